The molecular weight excluding hydrogens is 335 g/mol. The molecule has 0 unspecified atom stereocenters. The zero-order valence-corrected chi connectivity index (χ0v) is 15.1. The molecule has 0 saturated carbocycles. The largest absolute Gasteiger partial charge is 0.356 e. The van der Waals surface area contributed by atoms with Crippen LogP contribution in [0.15, 0.2) is 23.5 Å². The fourth-order valence-electron chi connectivity index (χ4n) is 2.25. The van der Waals surface area contributed by atoms with E-state index in [-0.39, 0.29) is 0 Å². The average molecular weight is 357 g/mol. The van der Waals surface area contributed by atoms with Crippen molar-refractivity contribution in [2.24, 2.45) is 19.1 Å². The summed E-state index contributed by atoms with van der Waals surface area (Å²) in [5.74, 6) is 0.754. The second-order valence-electron chi connectivity index (χ2n) is 5.31. The maximum Gasteiger partial charge on any atom is 0.191 e. The van der Waals surface area contributed by atoms with Gasteiger partial charge in [-0.15, -0.1) is 0 Å². The van der Waals surface area contributed by atoms with E-state index in [0.29, 0.717) is 16.7 Å². The number of aromatic nitrogens is 3. The van der Waals surface area contributed by atoms with Gasteiger partial charge in [-0.25, -0.2) is 0 Å². The minimum atomic E-state index is 0.544. The van der Waals surface area contributed by atoms with Crippen molar-refractivity contribution in [3.8, 4) is 0 Å². The molecular formula is C15H22Cl2N6. The van der Waals surface area contributed by atoms with Gasteiger partial charge in [-0.05, 0) is 24.5 Å². The molecule has 0 saturated heterocycles. The van der Waals surface area contributed by atoms with Crippen LogP contribution >= 0.6 is 23.2 Å². The first kappa shape index (κ1) is 17.7. The molecule has 2 heterocycles. The van der Waals surface area contributed by atoms with Gasteiger partial charge in [0.1, 0.15) is 5.15 Å². The SMILES string of the molecule is CN=C(NCCCc1cnn(C)c1)NCc1cc(Cl)c(Cl)n1C. The van der Waals surface area contributed by atoms with Gasteiger partial charge in [-0.2, -0.15) is 5.10 Å². The van der Waals surface area contributed by atoms with E-state index >= 15 is 0 Å². The third-order valence-electron chi connectivity index (χ3n) is 3.57. The number of nitrogens with zero attached hydrogens (tertiary/aromatic N) is 4. The number of hydrogen-bond donors (Lipinski definition) is 2. The molecule has 0 aliphatic heterocycles. The van der Waals surface area contributed by atoms with Crippen molar-refractivity contribution in [1.82, 2.24) is 25.0 Å². The topological polar surface area (TPSA) is 59.2 Å². The van der Waals surface area contributed by atoms with Crippen LogP contribution in [-0.4, -0.2) is 33.9 Å². The molecule has 2 rings (SSSR count). The van der Waals surface area contributed by atoms with E-state index in [2.05, 4.69) is 20.7 Å². The Labute approximate surface area is 146 Å². The second kappa shape index (κ2) is 8.26. The molecule has 0 amide bonds. The Morgan fingerprint density at radius 3 is 2.65 bits per heavy atom. The quantitative estimate of drug-likeness (QED) is 0.474. The van der Waals surface area contributed by atoms with Crippen LogP contribution < -0.4 is 10.6 Å². The van der Waals surface area contributed by atoms with Crippen LogP contribution in [0.25, 0.3) is 0 Å². The maximum atomic E-state index is 6.06. The lowest BCUT2D eigenvalue weighted by molar-refractivity contribution is 0.722. The van der Waals surface area contributed by atoms with Gasteiger partial charge in [-0.3, -0.25) is 9.67 Å². The number of rotatable bonds is 6. The van der Waals surface area contributed by atoms with Gasteiger partial charge in [0.05, 0.1) is 17.8 Å². The van der Waals surface area contributed by atoms with Crippen molar-refractivity contribution >= 4 is 29.2 Å². The molecule has 2 aromatic heterocycles. The highest BCUT2D eigenvalue weighted by molar-refractivity contribution is 6.41. The van der Waals surface area contributed by atoms with Crippen LogP contribution in [0, 0.1) is 0 Å². The predicted octanol–water partition coefficient (Wildman–Crippen LogP) is 2.36. The summed E-state index contributed by atoms with van der Waals surface area (Å²) in [6.07, 6.45) is 5.93. The molecule has 2 N–H and O–H groups in total. The van der Waals surface area contributed by atoms with E-state index in [1.54, 1.807) is 7.05 Å². The summed E-state index contributed by atoms with van der Waals surface area (Å²) in [5, 5.41) is 11.8. The lowest BCUT2D eigenvalue weighted by Crippen LogP contribution is -2.37. The molecule has 0 aliphatic rings. The fourth-order valence-corrected chi connectivity index (χ4v) is 2.67. The van der Waals surface area contributed by atoms with Crippen molar-refractivity contribution in [3.63, 3.8) is 0 Å². The zero-order valence-electron chi connectivity index (χ0n) is 13.6. The minimum Gasteiger partial charge on any atom is -0.356 e. The number of halogens is 2. The summed E-state index contributed by atoms with van der Waals surface area (Å²) < 4.78 is 3.67. The first-order valence-corrected chi connectivity index (χ1v) is 8.18. The van der Waals surface area contributed by atoms with E-state index in [1.165, 1.54) is 5.56 Å². The van der Waals surface area contributed by atoms with Gasteiger partial charge in [0, 0.05) is 39.6 Å². The summed E-state index contributed by atoms with van der Waals surface area (Å²) in [4.78, 5) is 4.21. The molecule has 6 nitrogen and oxygen atoms in total. The van der Waals surface area contributed by atoms with E-state index in [1.807, 2.05) is 41.8 Å². The van der Waals surface area contributed by atoms with Gasteiger partial charge in [0.15, 0.2) is 5.96 Å². The first-order valence-electron chi connectivity index (χ1n) is 7.43. The Morgan fingerprint density at radius 1 is 1.30 bits per heavy atom. The van der Waals surface area contributed by atoms with Crippen LogP contribution in [0.3, 0.4) is 0 Å². The van der Waals surface area contributed by atoms with Crippen LogP contribution in [0.4, 0.5) is 0 Å². The lowest BCUT2D eigenvalue weighted by atomic mass is 10.2. The summed E-state index contributed by atoms with van der Waals surface area (Å²) in [6, 6.07) is 1.85. The van der Waals surface area contributed by atoms with E-state index in [9.17, 15) is 0 Å². The normalized spacial score (nSPS) is 11.8. The second-order valence-corrected chi connectivity index (χ2v) is 6.08. The smallest absolute Gasteiger partial charge is 0.191 e. The molecule has 0 bridgehead atoms. The van der Waals surface area contributed by atoms with Gasteiger partial charge in [0.25, 0.3) is 0 Å². The number of nitrogens with one attached hydrogen (secondary N) is 2. The van der Waals surface area contributed by atoms with Gasteiger partial charge in [-0.1, -0.05) is 23.2 Å². The monoisotopic (exact) mass is 356 g/mol. The van der Waals surface area contributed by atoms with Crippen molar-refractivity contribution in [2.45, 2.75) is 19.4 Å². The number of hydrogen-bond acceptors (Lipinski definition) is 2. The molecule has 0 radical (unpaired) electrons. The molecule has 8 heteroatoms. The third kappa shape index (κ3) is 4.91. The summed E-state index contributed by atoms with van der Waals surface area (Å²) in [5.41, 5.74) is 2.24. The first-order chi connectivity index (χ1) is 11.0. The van der Waals surface area contributed by atoms with Crippen LogP contribution in [0.2, 0.25) is 10.2 Å². The van der Waals surface area contributed by atoms with Crippen molar-refractivity contribution in [2.75, 3.05) is 13.6 Å². The van der Waals surface area contributed by atoms with Crippen LogP contribution in [0.1, 0.15) is 17.7 Å². The summed E-state index contributed by atoms with van der Waals surface area (Å²) in [6.45, 7) is 1.44. The Hall–Kier alpha value is -1.66. The molecule has 0 atom stereocenters. The van der Waals surface area contributed by atoms with E-state index in [0.717, 1.165) is 31.0 Å². The molecule has 0 aromatic carbocycles. The molecule has 126 valence electrons. The number of aliphatic imine (C=N–C) groups is 1. The highest BCUT2D eigenvalue weighted by Gasteiger charge is 2.09. The Kier molecular flexibility index (Phi) is 6.36. The van der Waals surface area contributed by atoms with Crippen LogP contribution in [-0.2, 0) is 27.1 Å². The number of guanidine groups is 1. The third-order valence-corrected chi connectivity index (χ3v) is 4.41. The summed E-state index contributed by atoms with van der Waals surface area (Å²) in [7, 11) is 5.56. The highest BCUT2D eigenvalue weighted by Crippen LogP contribution is 2.24. The average Bonchev–Trinajstić information content (AvgIpc) is 3.05. The van der Waals surface area contributed by atoms with Crippen molar-refractivity contribution in [3.05, 3.63) is 39.9 Å². The van der Waals surface area contributed by atoms with Gasteiger partial charge in [0.2, 0.25) is 0 Å². The summed E-state index contributed by atoms with van der Waals surface area (Å²) >= 11 is 12.1. The Bertz CT molecular complexity index is 674. The van der Waals surface area contributed by atoms with Gasteiger partial charge < -0.3 is 15.2 Å². The maximum absolute atomic E-state index is 6.06. The molecule has 0 spiro atoms. The van der Waals surface area contributed by atoms with Crippen molar-refractivity contribution in [1.29, 1.82) is 0 Å². The molecule has 0 aliphatic carbocycles. The lowest BCUT2D eigenvalue weighted by Gasteiger charge is -2.12. The Balaban J connectivity index is 1.74. The Morgan fingerprint density at radius 2 is 2.09 bits per heavy atom. The molecule has 0 fully saturated rings. The predicted molar refractivity (Wildman–Crippen MR) is 95.2 cm³/mol. The zero-order chi connectivity index (χ0) is 16.8. The van der Waals surface area contributed by atoms with E-state index in [4.69, 9.17) is 23.2 Å². The van der Waals surface area contributed by atoms with E-state index < -0.39 is 0 Å². The van der Waals surface area contributed by atoms with Gasteiger partial charge >= 0.3 is 0 Å². The molecule has 2 aromatic rings. The highest BCUT2D eigenvalue weighted by atomic mass is 35.5. The number of aryl methyl sites for hydroxylation is 2. The molecule has 23 heavy (non-hydrogen) atoms. The fraction of sp³-hybridized carbons (Fsp3) is 0.467. The van der Waals surface area contributed by atoms with Crippen LogP contribution in [0.5, 0.6) is 0 Å². The van der Waals surface area contributed by atoms with Crippen molar-refractivity contribution < 1.29 is 0 Å². The minimum absolute atomic E-state index is 0.544. The standard InChI is InChI=1S/C15H22Cl2N6/c1-18-15(19-6-4-5-11-8-21-22(2)10-11)20-9-12-7-13(16)14(17)23(12)3/h7-8,10H,4-6,9H2,1-3H3,(H2,18,19,20).